The maximum absolute atomic E-state index is 12.3. The molecule has 0 aliphatic heterocycles. The van der Waals surface area contributed by atoms with Crippen LogP contribution in [0.5, 0.6) is 0 Å². The van der Waals surface area contributed by atoms with Gasteiger partial charge in [0.2, 0.25) is 0 Å². The van der Waals surface area contributed by atoms with Gasteiger partial charge >= 0.3 is 0 Å². The average Bonchev–Trinajstić information content (AvgIpc) is 2.99. The fourth-order valence-electron chi connectivity index (χ4n) is 3.36. The Morgan fingerprint density at radius 1 is 1.16 bits per heavy atom. The molecule has 0 spiro atoms. The standard InChI is InChI=1S/C19H26N4O2/c1-14-7-6-8-15(2)18(14)21-16(24)11-23(3)12-17(25)22-19(13-20)9-4-5-10-19/h6-8H,4-5,9-12H2,1-3H3,(H,21,24)(H,22,25)/p+1. The number of hydrogen-bond acceptors (Lipinski definition) is 3. The third-order valence-corrected chi connectivity index (χ3v) is 4.72. The Morgan fingerprint density at radius 3 is 2.28 bits per heavy atom. The van der Waals surface area contributed by atoms with Crippen molar-refractivity contribution in [1.29, 1.82) is 5.26 Å². The van der Waals surface area contributed by atoms with E-state index in [9.17, 15) is 14.9 Å². The van der Waals surface area contributed by atoms with Crippen LogP contribution in [0.2, 0.25) is 0 Å². The second-order valence-corrected chi connectivity index (χ2v) is 7.07. The SMILES string of the molecule is Cc1cccc(C)c1NC(=O)C[NH+](C)CC(=O)NC1(C#N)CCCC1. The van der Waals surface area contributed by atoms with E-state index in [0.717, 1.165) is 34.6 Å². The number of rotatable bonds is 6. The molecule has 6 nitrogen and oxygen atoms in total. The Kier molecular flexibility index (Phi) is 6.16. The number of likely N-dealkylation sites (N-methyl/N-ethyl adjacent to an activating group) is 1. The Hall–Kier alpha value is -2.39. The molecule has 1 atom stereocenters. The molecule has 0 saturated heterocycles. The van der Waals surface area contributed by atoms with Crippen molar-refractivity contribution < 1.29 is 14.5 Å². The number of nitrogens with one attached hydrogen (secondary N) is 3. The number of benzene rings is 1. The highest BCUT2D eigenvalue weighted by Gasteiger charge is 2.35. The molecule has 1 saturated carbocycles. The topological polar surface area (TPSA) is 86.4 Å². The summed E-state index contributed by atoms with van der Waals surface area (Å²) in [5.41, 5.74) is 2.15. The lowest BCUT2D eigenvalue weighted by Gasteiger charge is -2.23. The molecule has 1 aromatic rings. The number of para-hydroxylation sites is 1. The van der Waals surface area contributed by atoms with Crippen LogP contribution in [0.1, 0.15) is 36.8 Å². The van der Waals surface area contributed by atoms with Crippen LogP contribution in [0, 0.1) is 25.2 Å². The van der Waals surface area contributed by atoms with Gasteiger partial charge in [-0.1, -0.05) is 18.2 Å². The van der Waals surface area contributed by atoms with Crippen molar-refractivity contribution in [3.63, 3.8) is 0 Å². The molecule has 1 aliphatic carbocycles. The highest BCUT2D eigenvalue weighted by atomic mass is 16.2. The number of amides is 2. The second kappa shape index (κ2) is 8.13. The van der Waals surface area contributed by atoms with Crippen LogP contribution in [-0.2, 0) is 9.59 Å². The zero-order valence-corrected chi connectivity index (χ0v) is 15.2. The number of nitriles is 1. The molecule has 0 aromatic heterocycles. The van der Waals surface area contributed by atoms with Crippen LogP contribution in [0.3, 0.4) is 0 Å². The van der Waals surface area contributed by atoms with Crippen LogP contribution in [0.4, 0.5) is 5.69 Å². The van der Waals surface area contributed by atoms with E-state index in [1.807, 2.05) is 32.0 Å². The molecule has 25 heavy (non-hydrogen) atoms. The second-order valence-electron chi connectivity index (χ2n) is 7.07. The minimum Gasteiger partial charge on any atom is -0.333 e. The van der Waals surface area contributed by atoms with E-state index in [2.05, 4.69) is 16.7 Å². The number of quaternary nitrogens is 1. The van der Waals surface area contributed by atoms with Gasteiger partial charge in [0.15, 0.2) is 13.1 Å². The summed E-state index contributed by atoms with van der Waals surface area (Å²) in [6.45, 7) is 4.27. The third kappa shape index (κ3) is 5.04. The van der Waals surface area contributed by atoms with Gasteiger partial charge in [0.25, 0.3) is 11.8 Å². The molecule has 3 N–H and O–H groups in total. The summed E-state index contributed by atoms with van der Waals surface area (Å²) in [7, 11) is 1.80. The van der Waals surface area contributed by atoms with Crippen molar-refractivity contribution in [2.45, 2.75) is 45.1 Å². The molecule has 0 bridgehead atoms. The number of hydrogen-bond donors (Lipinski definition) is 3. The average molecular weight is 343 g/mol. The fraction of sp³-hybridized carbons (Fsp3) is 0.526. The van der Waals surface area contributed by atoms with Gasteiger partial charge in [0.1, 0.15) is 5.54 Å². The number of carbonyl (C=O) groups excluding carboxylic acids is 2. The molecule has 0 radical (unpaired) electrons. The van der Waals surface area contributed by atoms with Crippen molar-refractivity contribution in [2.75, 3.05) is 25.5 Å². The van der Waals surface area contributed by atoms with E-state index in [1.54, 1.807) is 7.05 Å². The predicted octanol–water partition coefficient (Wildman–Crippen LogP) is 0.709. The third-order valence-electron chi connectivity index (χ3n) is 4.72. The summed E-state index contributed by atoms with van der Waals surface area (Å²) >= 11 is 0. The molecule has 6 heteroatoms. The number of anilines is 1. The summed E-state index contributed by atoms with van der Waals surface area (Å²) in [6, 6.07) is 8.11. The first-order chi connectivity index (χ1) is 11.8. The molecule has 1 unspecified atom stereocenters. The van der Waals surface area contributed by atoms with E-state index in [4.69, 9.17) is 0 Å². The first-order valence-electron chi connectivity index (χ1n) is 8.75. The lowest BCUT2D eigenvalue weighted by atomic mass is 10.00. The molecule has 1 aromatic carbocycles. The van der Waals surface area contributed by atoms with Crippen molar-refractivity contribution in [3.05, 3.63) is 29.3 Å². The first kappa shape index (κ1) is 18.9. The molecule has 0 heterocycles. The largest absolute Gasteiger partial charge is 0.333 e. The van der Waals surface area contributed by atoms with Gasteiger partial charge in [-0.15, -0.1) is 0 Å². The van der Waals surface area contributed by atoms with E-state index in [-0.39, 0.29) is 24.9 Å². The minimum absolute atomic E-state index is 0.126. The number of nitrogens with zero attached hydrogens (tertiary/aromatic N) is 1. The van der Waals surface area contributed by atoms with Crippen molar-refractivity contribution in [3.8, 4) is 6.07 Å². The summed E-state index contributed by atoms with van der Waals surface area (Å²) in [5, 5.41) is 15.1. The highest BCUT2D eigenvalue weighted by Crippen LogP contribution is 2.28. The van der Waals surface area contributed by atoms with Crippen molar-refractivity contribution >= 4 is 17.5 Å². The van der Waals surface area contributed by atoms with E-state index >= 15 is 0 Å². The van der Waals surface area contributed by atoms with Gasteiger partial charge in [-0.2, -0.15) is 5.26 Å². The normalized spacial score (nSPS) is 16.7. The first-order valence-corrected chi connectivity index (χ1v) is 8.75. The van der Waals surface area contributed by atoms with Crippen LogP contribution < -0.4 is 15.5 Å². The molecule has 2 rings (SSSR count). The van der Waals surface area contributed by atoms with Gasteiger partial charge < -0.3 is 15.5 Å². The molecule has 134 valence electrons. The zero-order valence-electron chi connectivity index (χ0n) is 15.2. The monoisotopic (exact) mass is 343 g/mol. The number of aryl methyl sites for hydroxylation is 2. The van der Waals surface area contributed by atoms with Crippen LogP contribution in [0.25, 0.3) is 0 Å². The minimum atomic E-state index is -0.710. The fourth-order valence-corrected chi connectivity index (χ4v) is 3.36. The van der Waals surface area contributed by atoms with Gasteiger partial charge in [0.05, 0.1) is 13.1 Å². The van der Waals surface area contributed by atoms with Crippen LogP contribution in [0.15, 0.2) is 18.2 Å². The molecule has 2 amide bonds. The highest BCUT2D eigenvalue weighted by molar-refractivity contribution is 5.93. The van der Waals surface area contributed by atoms with E-state index in [1.165, 1.54) is 0 Å². The van der Waals surface area contributed by atoms with Gasteiger partial charge in [-0.25, -0.2) is 0 Å². The van der Waals surface area contributed by atoms with Gasteiger partial charge in [-0.05, 0) is 50.7 Å². The van der Waals surface area contributed by atoms with Crippen LogP contribution >= 0.6 is 0 Å². The smallest absolute Gasteiger partial charge is 0.279 e. The van der Waals surface area contributed by atoms with Crippen LogP contribution in [-0.4, -0.2) is 37.5 Å². The molecule has 1 fully saturated rings. The summed E-state index contributed by atoms with van der Waals surface area (Å²) in [4.78, 5) is 25.2. The Morgan fingerprint density at radius 2 is 1.72 bits per heavy atom. The lowest BCUT2D eigenvalue weighted by Crippen LogP contribution is -3.11. The van der Waals surface area contributed by atoms with Gasteiger partial charge in [0, 0.05) is 5.69 Å². The van der Waals surface area contributed by atoms with Gasteiger partial charge in [-0.3, -0.25) is 9.59 Å². The summed E-state index contributed by atoms with van der Waals surface area (Å²) in [5.74, 6) is -0.306. The number of carbonyl (C=O) groups is 2. The van der Waals surface area contributed by atoms with Crippen molar-refractivity contribution in [1.82, 2.24) is 5.32 Å². The maximum atomic E-state index is 12.3. The summed E-state index contributed by atoms with van der Waals surface area (Å²) < 4.78 is 0. The van der Waals surface area contributed by atoms with Crippen molar-refractivity contribution in [2.24, 2.45) is 0 Å². The Bertz CT molecular complexity index is 667. The molecule has 1 aliphatic rings. The van der Waals surface area contributed by atoms with E-state index < -0.39 is 5.54 Å². The Labute approximate surface area is 149 Å². The summed E-state index contributed by atoms with van der Waals surface area (Å²) in [6.07, 6.45) is 3.35. The quantitative estimate of drug-likeness (QED) is 0.711. The maximum Gasteiger partial charge on any atom is 0.279 e. The lowest BCUT2D eigenvalue weighted by molar-refractivity contribution is -0.862. The molecular weight excluding hydrogens is 316 g/mol. The molecular formula is C19H27N4O2+. The Balaban J connectivity index is 1.85. The predicted molar refractivity (Wildman–Crippen MR) is 96.1 cm³/mol. The zero-order chi connectivity index (χ0) is 18.4. The van der Waals surface area contributed by atoms with E-state index in [0.29, 0.717) is 12.8 Å².